The highest BCUT2D eigenvalue weighted by atomic mass is 15.2. The van der Waals surface area contributed by atoms with E-state index < -0.39 is 0 Å². The Kier molecular flexibility index (Phi) is 4.14. The lowest BCUT2D eigenvalue weighted by Crippen LogP contribution is -2.48. The van der Waals surface area contributed by atoms with Gasteiger partial charge in [0.1, 0.15) is 0 Å². The van der Waals surface area contributed by atoms with Crippen LogP contribution in [-0.4, -0.2) is 34.6 Å². The van der Waals surface area contributed by atoms with Gasteiger partial charge in [0.25, 0.3) is 0 Å². The van der Waals surface area contributed by atoms with Gasteiger partial charge in [-0.25, -0.2) is 0 Å². The van der Waals surface area contributed by atoms with E-state index in [0.29, 0.717) is 0 Å². The van der Waals surface area contributed by atoms with Gasteiger partial charge in [0.15, 0.2) is 0 Å². The smallest absolute Gasteiger partial charge is 0.0271 e. The van der Waals surface area contributed by atoms with E-state index in [-0.39, 0.29) is 0 Å². The van der Waals surface area contributed by atoms with E-state index in [2.05, 4.69) is 34.3 Å². The third-order valence-electron chi connectivity index (χ3n) is 4.68. The Hall–Kier alpha value is -0.930. The molecule has 2 aliphatic rings. The normalized spacial score (nSPS) is 30.7. The summed E-state index contributed by atoms with van der Waals surface area (Å²) in [5, 5.41) is 3.72. The van der Waals surface area contributed by atoms with Crippen molar-refractivity contribution in [2.45, 2.75) is 63.7 Å². The van der Waals surface area contributed by atoms with Crippen LogP contribution in [0.4, 0.5) is 0 Å². The number of hydrogen-bond acceptors (Lipinski definition) is 3. The predicted octanol–water partition coefficient (Wildman–Crippen LogP) is 2.58. The molecule has 0 amide bonds. The van der Waals surface area contributed by atoms with Gasteiger partial charge in [-0.15, -0.1) is 0 Å². The van der Waals surface area contributed by atoms with Crippen molar-refractivity contribution in [3.63, 3.8) is 0 Å². The summed E-state index contributed by atoms with van der Waals surface area (Å²) in [4.78, 5) is 6.84. The van der Waals surface area contributed by atoms with Gasteiger partial charge in [-0.1, -0.05) is 6.92 Å². The molecule has 2 fully saturated rings. The van der Waals surface area contributed by atoms with Crippen molar-refractivity contribution in [3.05, 3.63) is 30.1 Å². The lowest BCUT2D eigenvalue weighted by Gasteiger charge is -2.39. The number of hydrogen-bond donors (Lipinski definition) is 1. The van der Waals surface area contributed by atoms with E-state index in [0.717, 1.165) is 24.7 Å². The summed E-state index contributed by atoms with van der Waals surface area (Å²) in [7, 11) is 0. The van der Waals surface area contributed by atoms with Crippen molar-refractivity contribution in [1.82, 2.24) is 15.2 Å². The molecule has 3 rings (SSSR count). The fourth-order valence-corrected chi connectivity index (χ4v) is 3.75. The number of fused-ring (bicyclic) bond motifs is 2. The van der Waals surface area contributed by atoms with Gasteiger partial charge in [-0.2, -0.15) is 0 Å². The van der Waals surface area contributed by atoms with E-state index in [9.17, 15) is 0 Å². The molecule has 1 aromatic rings. The number of nitrogens with zero attached hydrogens (tertiary/aromatic N) is 2. The van der Waals surface area contributed by atoms with Gasteiger partial charge in [-0.05, 0) is 56.3 Å². The Labute approximate surface area is 116 Å². The van der Waals surface area contributed by atoms with Crippen molar-refractivity contribution in [2.24, 2.45) is 0 Å². The SMILES string of the molecule is CCCNC1CC2CCC(C1)N2Cc1ccncc1. The van der Waals surface area contributed by atoms with E-state index >= 15 is 0 Å². The molecule has 1 N–H and O–H groups in total. The quantitative estimate of drug-likeness (QED) is 0.881. The Morgan fingerprint density at radius 2 is 1.89 bits per heavy atom. The summed E-state index contributed by atoms with van der Waals surface area (Å²) in [5.41, 5.74) is 1.41. The van der Waals surface area contributed by atoms with Gasteiger partial charge < -0.3 is 5.32 Å². The van der Waals surface area contributed by atoms with Crippen LogP contribution in [0, 0.1) is 0 Å². The maximum absolute atomic E-state index is 4.11. The summed E-state index contributed by atoms with van der Waals surface area (Å²) in [6.45, 7) is 4.53. The molecule has 3 heterocycles. The van der Waals surface area contributed by atoms with Crippen LogP contribution in [0.1, 0.15) is 44.6 Å². The molecule has 19 heavy (non-hydrogen) atoms. The molecular formula is C16H25N3. The molecule has 104 valence electrons. The molecule has 1 aromatic heterocycles. The van der Waals surface area contributed by atoms with Crippen LogP contribution >= 0.6 is 0 Å². The molecule has 3 nitrogen and oxygen atoms in total. The number of rotatable bonds is 5. The van der Waals surface area contributed by atoms with E-state index in [4.69, 9.17) is 0 Å². The molecule has 0 radical (unpaired) electrons. The second-order valence-electron chi connectivity index (χ2n) is 6.04. The summed E-state index contributed by atoms with van der Waals surface area (Å²) in [6.07, 6.45) is 10.5. The predicted molar refractivity (Wildman–Crippen MR) is 77.9 cm³/mol. The molecule has 2 aliphatic heterocycles. The third kappa shape index (κ3) is 2.98. The van der Waals surface area contributed by atoms with Crippen molar-refractivity contribution < 1.29 is 0 Å². The zero-order valence-electron chi connectivity index (χ0n) is 11.9. The molecule has 0 aliphatic carbocycles. The molecule has 0 spiro atoms. The summed E-state index contributed by atoms with van der Waals surface area (Å²) >= 11 is 0. The fourth-order valence-electron chi connectivity index (χ4n) is 3.75. The number of nitrogens with one attached hydrogen (secondary N) is 1. The number of aromatic nitrogens is 1. The second kappa shape index (κ2) is 6.02. The molecule has 2 atom stereocenters. The summed E-state index contributed by atoms with van der Waals surface area (Å²) < 4.78 is 0. The van der Waals surface area contributed by atoms with E-state index in [1.165, 1.54) is 44.2 Å². The Bertz CT molecular complexity index is 378. The van der Waals surface area contributed by atoms with E-state index in [1.807, 2.05) is 12.4 Å². The highest BCUT2D eigenvalue weighted by Crippen LogP contribution is 2.36. The van der Waals surface area contributed by atoms with Crippen LogP contribution in [0.15, 0.2) is 24.5 Å². The van der Waals surface area contributed by atoms with Crippen LogP contribution < -0.4 is 5.32 Å². The molecule has 0 saturated carbocycles. The first-order chi connectivity index (χ1) is 9.36. The first-order valence-electron chi connectivity index (χ1n) is 7.75. The van der Waals surface area contributed by atoms with Crippen molar-refractivity contribution >= 4 is 0 Å². The first-order valence-corrected chi connectivity index (χ1v) is 7.75. The van der Waals surface area contributed by atoms with Gasteiger partial charge in [-0.3, -0.25) is 9.88 Å². The minimum atomic E-state index is 0.756. The van der Waals surface area contributed by atoms with E-state index in [1.54, 1.807) is 0 Å². The zero-order valence-corrected chi connectivity index (χ0v) is 11.9. The number of piperidine rings is 1. The first kappa shape index (κ1) is 13.1. The standard InChI is InChI=1S/C16H25N3/c1-2-7-18-14-10-15-3-4-16(11-14)19(15)12-13-5-8-17-9-6-13/h5-6,8-9,14-16,18H,2-4,7,10-12H2,1H3. The van der Waals surface area contributed by atoms with Gasteiger partial charge in [0, 0.05) is 37.1 Å². The average molecular weight is 259 g/mol. The Morgan fingerprint density at radius 3 is 2.53 bits per heavy atom. The molecule has 2 unspecified atom stereocenters. The van der Waals surface area contributed by atoms with Crippen LogP contribution in [-0.2, 0) is 6.54 Å². The van der Waals surface area contributed by atoms with Crippen LogP contribution in [0.25, 0.3) is 0 Å². The van der Waals surface area contributed by atoms with Gasteiger partial charge in [0.2, 0.25) is 0 Å². The van der Waals surface area contributed by atoms with Gasteiger partial charge >= 0.3 is 0 Å². The van der Waals surface area contributed by atoms with Crippen molar-refractivity contribution in [3.8, 4) is 0 Å². The molecule has 2 saturated heterocycles. The monoisotopic (exact) mass is 259 g/mol. The molecule has 2 bridgehead atoms. The average Bonchev–Trinajstić information content (AvgIpc) is 2.69. The second-order valence-corrected chi connectivity index (χ2v) is 6.04. The molecule has 0 aromatic carbocycles. The Morgan fingerprint density at radius 1 is 1.21 bits per heavy atom. The third-order valence-corrected chi connectivity index (χ3v) is 4.68. The molecule has 3 heteroatoms. The van der Waals surface area contributed by atoms with Crippen LogP contribution in [0.3, 0.4) is 0 Å². The highest BCUT2D eigenvalue weighted by molar-refractivity contribution is 5.11. The van der Waals surface area contributed by atoms with Crippen LogP contribution in [0.2, 0.25) is 0 Å². The maximum atomic E-state index is 4.11. The minimum absolute atomic E-state index is 0.756. The topological polar surface area (TPSA) is 28.2 Å². The lowest BCUT2D eigenvalue weighted by molar-refractivity contribution is 0.109. The van der Waals surface area contributed by atoms with Crippen LogP contribution in [0.5, 0.6) is 0 Å². The fraction of sp³-hybridized carbons (Fsp3) is 0.688. The minimum Gasteiger partial charge on any atom is -0.314 e. The lowest BCUT2D eigenvalue weighted by atomic mass is 9.96. The largest absolute Gasteiger partial charge is 0.314 e. The maximum Gasteiger partial charge on any atom is 0.0271 e. The van der Waals surface area contributed by atoms with Crippen molar-refractivity contribution in [1.29, 1.82) is 0 Å². The summed E-state index contributed by atoms with van der Waals surface area (Å²) in [6, 6.07) is 6.65. The van der Waals surface area contributed by atoms with Gasteiger partial charge in [0.05, 0.1) is 0 Å². The zero-order chi connectivity index (χ0) is 13.1. The molecular weight excluding hydrogens is 234 g/mol. The van der Waals surface area contributed by atoms with Crippen molar-refractivity contribution in [2.75, 3.05) is 6.54 Å². The Balaban J connectivity index is 1.60. The highest BCUT2D eigenvalue weighted by Gasteiger charge is 2.40. The summed E-state index contributed by atoms with van der Waals surface area (Å²) in [5.74, 6) is 0. The number of pyridine rings is 1.